The number of nitrogens with two attached hydrogens (primary N) is 1. The number of aryl methyl sites for hydroxylation is 1. The molecule has 0 radical (unpaired) electrons. The molecule has 0 aromatic heterocycles. The summed E-state index contributed by atoms with van der Waals surface area (Å²) in [5, 5.41) is 8.47. The van der Waals surface area contributed by atoms with Crippen LogP contribution in [0.1, 0.15) is 43.0 Å². The van der Waals surface area contributed by atoms with Crippen molar-refractivity contribution in [1.29, 1.82) is 0 Å². The predicted octanol–water partition coefficient (Wildman–Crippen LogP) is 3.45. The van der Waals surface area contributed by atoms with Crippen molar-refractivity contribution in [2.24, 2.45) is 11.7 Å². The van der Waals surface area contributed by atoms with Gasteiger partial charge < -0.3 is 21.7 Å². The molecule has 30 heavy (non-hydrogen) atoms. The number of carbonyl (C=O) groups excluding carboxylic acids is 2. The summed E-state index contributed by atoms with van der Waals surface area (Å²) in [5.41, 5.74) is 9.28. The Labute approximate surface area is 185 Å². The van der Waals surface area contributed by atoms with Crippen LogP contribution in [-0.4, -0.2) is 24.5 Å². The molecule has 0 bridgehead atoms. The monoisotopic (exact) mass is 432 g/mol. The molecule has 2 atom stereocenters. The van der Waals surface area contributed by atoms with Crippen molar-refractivity contribution in [3.8, 4) is 0 Å². The van der Waals surface area contributed by atoms with Crippen LogP contribution in [0.5, 0.6) is 0 Å². The lowest BCUT2D eigenvalue weighted by molar-refractivity contribution is -0.123. The second kappa shape index (κ2) is 12.9. The van der Waals surface area contributed by atoms with Crippen molar-refractivity contribution < 1.29 is 9.59 Å². The number of halogens is 1. The van der Waals surface area contributed by atoms with Gasteiger partial charge in [0.15, 0.2) is 0 Å². The molecule has 6 nitrogen and oxygen atoms in total. The molecule has 0 spiro atoms. The van der Waals surface area contributed by atoms with E-state index in [9.17, 15) is 9.59 Å². The lowest BCUT2D eigenvalue weighted by Gasteiger charge is -2.22. The highest BCUT2D eigenvalue weighted by Gasteiger charge is 2.22. The zero-order valence-corrected chi connectivity index (χ0v) is 18.7. The van der Waals surface area contributed by atoms with E-state index in [0.717, 1.165) is 11.1 Å². The molecule has 2 aromatic carbocycles. The number of urea groups is 1. The van der Waals surface area contributed by atoms with E-state index in [1.54, 1.807) is 0 Å². The summed E-state index contributed by atoms with van der Waals surface area (Å²) < 4.78 is 0. The van der Waals surface area contributed by atoms with Gasteiger partial charge >= 0.3 is 6.03 Å². The van der Waals surface area contributed by atoms with Crippen LogP contribution in [0.15, 0.2) is 54.6 Å². The first-order chi connectivity index (χ1) is 13.8. The maximum absolute atomic E-state index is 12.7. The maximum Gasteiger partial charge on any atom is 0.315 e. The number of rotatable bonds is 9. The summed E-state index contributed by atoms with van der Waals surface area (Å²) in [6.45, 7) is 6.76. The van der Waals surface area contributed by atoms with Crippen LogP contribution >= 0.6 is 12.4 Å². The Bertz CT molecular complexity index is 782. The molecule has 2 aromatic rings. The first-order valence-corrected chi connectivity index (χ1v) is 10.0. The zero-order valence-electron chi connectivity index (χ0n) is 17.9. The SMILES string of the molecule is Cc1ccc(CNC(=O)NC(CC(C)C)C(=O)NCC(N)c2ccccc2)cc1.Cl. The third-order valence-electron chi connectivity index (χ3n) is 4.63. The molecule has 0 fully saturated rings. The molecule has 0 saturated carbocycles. The number of benzene rings is 2. The normalized spacial score (nSPS) is 12.4. The summed E-state index contributed by atoms with van der Waals surface area (Å²) in [4.78, 5) is 25.0. The van der Waals surface area contributed by atoms with Crippen LogP contribution in [0.4, 0.5) is 4.79 Å². The number of hydrogen-bond acceptors (Lipinski definition) is 3. The zero-order chi connectivity index (χ0) is 21.2. The van der Waals surface area contributed by atoms with Gasteiger partial charge in [0, 0.05) is 19.1 Å². The Kier molecular flexibility index (Phi) is 10.9. The van der Waals surface area contributed by atoms with Gasteiger partial charge in [0.25, 0.3) is 0 Å². The van der Waals surface area contributed by atoms with Crippen molar-refractivity contribution in [2.75, 3.05) is 6.54 Å². The van der Waals surface area contributed by atoms with Gasteiger partial charge in [-0.15, -0.1) is 12.4 Å². The van der Waals surface area contributed by atoms with Gasteiger partial charge in [0.2, 0.25) is 5.91 Å². The second-order valence-corrected chi connectivity index (χ2v) is 7.76. The molecule has 7 heteroatoms. The Morgan fingerprint density at radius 3 is 2.20 bits per heavy atom. The smallest absolute Gasteiger partial charge is 0.315 e. The van der Waals surface area contributed by atoms with Gasteiger partial charge in [-0.1, -0.05) is 74.0 Å². The van der Waals surface area contributed by atoms with Crippen molar-refractivity contribution in [3.05, 3.63) is 71.3 Å². The summed E-state index contributed by atoms with van der Waals surface area (Å²) in [7, 11) is 0. The Hall–Kier alpha value is -2.57. The molecule has 0 aliphatic carbocycles. The average Bonchev–Trinajstić information content (AvgIpc) is 2.71. The third kappa shape index (κ3) is 8.84. The lowest BCUT2D eigenvalue weighted by Crippen LogP contribution is -2.51. The Balaban J connectivity index is 0.00000450. The Morgan fingerprint density at radius 2 is 1.60 bits per heavy atom. The molecule has 0 heterocycles. The minimum absolute atomic E-state index is 0. The van der Waals surface area contributed by atoms with E-state index in [2.05, 4.69) is 16.0 Å². The fourth-order valence-electron chi connectivity index (χ4n) is 2.95. The Morgan fingerprint density at radius 1 is 0.967 bits per heavy atom. The van der Waals surface area contributed by atoms with E-state index in [1.165, 1.54) is 5.56 Å². The summed E-state index contributed by atoms with van der Waals surface area (Å²) >= 11 is 0. The van der Waals surface area contributed by atoms with E-state index in [1.807, 2.05) is 75.4 Å². The summed E-state index contributed by atoms with van der Waals surface area (Å²) in [6.07, 6.45) is 0.546. The van der Waals surface area contributed by atoms with Gasteiger partial charge in [-0.05, 0) is 30.4 Å². The minimum Gasteiger partial charge on any atom is -0.352 e. The van der Waals surface area contributed by atoms with Crippen molar-refractivity contribution in [2.45, 2.75) is 45.8 Å². The summed E-state index contributed by atoms with van der Waals surface area (Å²) in [6, 6.07) is 16.3. The molecular formula is C23H33ClN4O2. The third-order valence-corrected chi connectivity index (χ3v) is 4.63. The number of amides is 3. The topological polar surface area (TPSA) is 96.2 Å². The van der Waals surface area contributed by atoms with Gasteiger partial charge in [-0.25, -0.2) is 4.79 Å². The minimum atomic E-state index is -0.615. The molecule has 0 aliphatic rings. The first-order valence-electron chi connectivity index (χ1n) is 10.0. The molecule has 5 N–H and O–H groups in total. The fourth-order valence-corrected chi connectivity index (χ4v) is 2.95. The molecule has 0 aliphatic heterocycles. The van der Waals surface area contributed by atoms with E-state index in [4.69, 9.17) is 5.73 Å². The van der Waals surface area contributed by atoms with Crippen LogP contribution in [-0.2, 0) is 11.3 Å². The second-order valence-electron chi connectivity index (χ2n) is 7.76. The number of nitrogens with one attached hydrogen (secondary N) is 3. The molecule has 164 valence electrons. The van der Waals surface area contributed by atoms with Crippen molar-refractivity contribution in [1.82, 2.24) is 16.0 Å². The molecule has 0 saturated heterocycles. The van der Waals surface area contributed by atoms with Gasteiger partial charge in [-0.3, -0.25) is 4.79 Å². The average molecular weight is 433 g/mol. The van der Waals surface area contributed by atoms with E-state index in [-0.39, 0.29) is 36.3 Å². The van der Waals surface area contributed by atoms with E-state index < -0.39 is 6.04 Å². The van der Waals surface area contributed by atoms with Crippen molar-refractivity contribution in [3.63, 3.8) is 0 Å². The van der Waals surface area contributed by atoms with Gasteiger partial charge in [0.05, 0.1) is 0 Å². The van der Waals surface area contributed by atoms with E-state index >= 15 is 0 Å². The standard InChI is InChI=1S/C23H32N4O2.ClH/c1-16(2)13-21(22(28)25-15-20(24)19-7-5-4-6-8-19)27-23(29)26-14-18-11-9-17(3)10-12-18;/h4-12,16,20-21H,13-15,24H2,1-3H3,(H,25,28)(H2,26,27,29);1H. The van der Waals surface area contributed by atoms with Gasteiger partial charge in [0.1, 0.15) is 6.04 Å². The number of hydrogen-bond donors (Lipinski definition) is 4. The summed E-state index contributed by atoms with van der Waals surface area (Å²) in [5.74, 6) is 0.0292. The van der Waals surface area contributed by atoms with Crippen LogP contribution in [0.2, 0.25) is 0 Å². The van der Waals surface area contributed by atoms with Gasteiger partial charge in [-0.2, -0.15) is 0 Å². The quantitative estimate of drug-likeness (QED) is 0.488. The predicted molar refractivity (Wildman–Crippen MR) is 123 cm³/mol. The van der Waals surface area contributed by atoms with Crippen LogP contribution < -0.4 is 21.7 Å². The molecule has 2 rings (SSSR count). The van der Waals surface area contributed by atoms with Crippen molar-refractivity contribution >= 4 is 24.3 Å². The number of carbonyl (C=O) groups is 2. The fraction of sp³-hybridized carbons (Fsp3) is 0.391. The lowest BCUT2D eigenvalue weighted by atomic mass is 10.0. The highest BCUT2D eigenvalue weighted by atomic mass is 35.5. The first kappa shape index (κ1) is 25.5. The maximum atomic E-state index is 12.7. The van der Waals surface area contributed by atoms with Crippen LogP contribution in [0.3, 0.4) is 0 Å². The van der Waals surface area contributed by atoms with E-state index in [0.29, 0.717) is 19.5 Å². The molecule has 3 amide bonds. The molecule has 2 unspecified atom stereocenters. The van der Waals surface area contributed by atoms with Crippen LogP contribution in [0, 0.1) is 12.8 Å². The molecular weight excluding hydrogens is 400 g/mol. The van der Waals surface area contributed by atoms with Crippen LogP contribution in [0.25, 0.3) is 0 Å². The highest BCUT2D eigenvalue weighted by Crippen LogP contribution is 2.09. The highest BCUT2D eigenvalue weighted by molar-refractivity contribution is 5.87. The largest absolute Gasteiger partial charge is 0.352 e.